The third kappa shape index (κ3) is 12.4. The van der Waals surface area contributed by atoms with Crippen LogP contribution in [0.1, 0.15) is 84.5 Å². The smallest absolute Gasteiger partial charge is 0.258 e. The zero-order chi connectivity index (χ0) is 59.2. The fourth-order valence-corrected chi connectivity index (χ4v) is 11.3. The Morgan fingerprint density at radius 1 is 0.451 bits per heavy atom. The lowest BCUT2D eigenvalue weighted by molar-refractivity contribution is 0.403. The van der Waals surface area contributed by atoms with E-state index < -0.39 is 48.8 Å². The summed E-state index contributed by atoms with van der Waals surface area (Å²) in [7, 11) is -13.5. The molecule has 0 fully saturated rings. The Morgan fingerprint density at radius 2 is 0.817 bits per heavy atom. The number of nitrogens with zero attached hydrogens (tertiary/aromatic N) is 6. The van der Waals surface area contributed by atoms with Crippen LogP contribution in [0.25, 0.3) is 67.4 Å². The Kier molecular flexibility index (Phi) is 15.8. The molecule has 6 aromatic carbocycles. The molecular formula is C62H58N6O10S4. The number of fused-ring (bicyclic) bond motifs is 2. The van der Waals surface area contributed by atoms with Crippen molar-refractivity contribution in [2.75, 3.05) is 25.0 Å². The quantitative estimate of drug-likeness (QED) is 0.0919. The first-order valence-electron chi connectivity index (χ1n) is 25.5. The minimum atomic E-state index is -3.41. The summed E-state index contributed by atoms with van der Waals surface area (Å²) in [6, 6.07) is 43.6. The number of rotatable bonds is 14. The predicted molar refractivity (Wildman–Crippen MR) is 321 cm³/mol. The lowest BCUT2D eigenvalue weighted by atomic mass is 9.92. The van der Waals surface area contributed by atoms with Gasteiger partial charge in [-0.25, -0.2) is 33.7 Å². The molecular weight excluding hydrogens is 1120 g/mol. The molecule has 16 nitrogen and oxygen atoms in total. The molecule has 420 valence electrons. The van der Waals surface area contributed by atoms with Gasteiger partial charge in [-0.05, 0) is 171 Å². The minimum Gasteiger partial charge on any atom is -0.334 e. The van der Waals surface area contributed by atoms with Gasteiger partial charge in [-0.15, -0.1) is 0 Å². The summed E-state index contributed by atoms with van der Waals surface area (Å²) in [6.45, 7) is 10.3. The van der Waals surface area contributed by atoms with E-state index >= 15 is 0 Å². The van der Waals surface area contributed by atoms with Gasteiger partial charge in [0.2, 0.25) is 0 Å². The van der Waals surface area contributed by atoms with Gasteiger partial charge >= 0.3 is 0 Å². The van der Waals surface area contributed by atoms with E-state index in [0.717, 1.165) is 67.7 Å². The van der Waals surface area contributed by atoms with Crippen LogP contribution in [0.5, 0.6) is 0 Å². The fraction of sp³-hybridized carbons (Fsp3) is 0.194. The summed E-state index contributed by atoms with van der Waals surface area (Å²) >= 11 is 0. The second-order valence-electron chi connectivity index (χ2n) is 21.0. The summed E-state index contributed by atoms with van der Waals surface area (Å²) in [6.07, 6.45) is 12.0. The predicted octanol–water partition coefficient (Wildman–Crippen LogP) is 11.7. The third-order valence-corrected chi connectivity index (χ3v) is 20.8. The van der Waals surface area contributed by atoms with Crippen molar-refractivity contribution < 1.29 is 42.7 Å². The van der Waals surface area contributed by atoms with Gasteiger partial charge in [0.25, 0.3) is 11.8 Å². The molecule has 82 heavy (non-hydrogen) atoms. The Balaban J connectivity index is 0.000000198. The first-order chi connectivity index (χ1) is 38.5. The maximum atomic E-state index is 12.7. The molecule has 0 bridgehead atoms. The average Bonchev–Trinajstić information content (AvgIpc) is 4.22. The molecule has 0 radical (unpaired) electrons. The highest BCUT2D eigenvalue weighted by Crippen LogP contribution is 2.39. The van der Waals surface area contributed by atoms with Gasteiger partial charge in [0.05, 0.1) is 30.3 Å². The lowest BCUT2D eigenvalue weighted by Gasteiger charge is -2.24. The number of aromatic nitrogens is 6. The van der Waals surface area contributed by atoms with E-state index in [4.69, 9.17) is 9.05 Å². The van der Waals surface area contributed by atoms with Crippen molar-refractivity contribution in [2.45, 2.75) is 60.8 Å². The van der Waals surface area contributed by atoms with Crippen LogP contribution in [0.3, 0.4) is 0 Å². The van der Waals surface area contributed by atoms with Gasteiger partial charge in [0, 0.05) is 70.5 Å². The Hall–Kier alpha value is -8.30. The summed E-state index contributed by atoms with van der Waals surface area (Å²) in [5.74, 6) is 1.53. The number of benzene rings is 6. The SMILES string of the molecule is Cc1noc(/C(=C/c2cccc(-c3cc(C(C)(C)S(C)(=O)=O)cc4cccnc34)c2)c2ccc(S(C)(=O)=O)cc2)n1.Cc1noc(/C(=C\c2cccc(-c3cc(C(C)(C)S(C)(=O)=O)cc4cccnc34)c2)c2ccc(S(C)(=O)=O)cc2)n1. The number of sulfone groups is 4. The van der Waals surface area contributed by atoms with E-state index in [1.807, 2.05) is 109 Å². The van der Waals surface area contributed by atoms with Gasteiger partial charge in [0.15, 0.2) is 51.0 Å². The lowest BCUT2D eigenvalue weighted by Crippen LogP contribution is -2.28. The monoisotopic (exact) mass is 1170 g/mol. The topological polar surface area (TPSA) is 240 Å². The van der Waals surface area contributed by atoms with Crippen molar-refractivity contribution >= 4 is 84.5 Å². The van der Waals surface area contributed by atoms with Crippen LogP contribution in [0.2, 0.25) is 0 Å². The van der Waals surface area contributed by atoms with Gasteiger partial charge in [0.1, 0.15) is 0 Å². The van der Waals surface area contributed by atoms with Gasteiger partial charge in [-0.2, -0.15) is 9.97 Å². The van der Waals surface area contributed by atoms with Gasteiger partial charge in [-0.1, -0.05) is 83.1 Å². The highest BCUT2D eigenvalue weighted by atomic mass is 32.2. The minimum absolute atomic E-state index is 0.209. The summed E-state index contributed by atoms with van der Waals surface area (Å²) in [4.78, 5) is 18.5. The number of pyridine rings is 2. The highest BCUT2D eigenvalue weighted by molar-refractivity contribution is 7.92. The molecule has 4 heterocycles. The zero-order valence-electron chi connectivity index (χ0n) is 46.6. The molecule has 0 N–H and O–H groups in total. The van der Waals surface area contributed by atoms with E-state index in [-0.39, 0.29) is 9.79 Å². The zero-order valence-corrected chi connectivity index (χ0v) is 49.8. The van der Waals surface area contributed by atoms with Crippen LogP contribution in [-0.4, -0.2) is 88.9 Å². The first kappa shape index (κ1) is 58.4. The molecule has 0 aliphatic rings. The third-order valence-electron chi connectivity index (χ3n) is 14.4. The van der Waals surface area contributed by atoms with Crippen molar-refractivity contribution in [2.24, 2.45) is 0 Å². The van der Waals surface area contributed by atoms with Crippen molar-refractivity contribution in [3.05, 3.63) is 215 Å². The molecule has 0 saturated heterocycles. The van der Waals surface area contributed by atoms with E-state index in [1.54, 1.807) is 102 Å². The van der Waals surface area contributed by atoms with Crippen molar-refractivity contribution in [3.63, 3.8) is 0 Å². The van der Waals surface area contributed by atoms with E-state index in [2.05, 4.69) is 30.2 Å². The van der Waals surface area contributed by atoms with Gasteiger partial charge < -0.3 is 9.05 Å². The van der Waals surface area contributed by atoms with Crippen molar-refractivity contribution in [3.8, 4) is 22.3 Å². The molecule has 0 aliphatic carbocycles. The first-order valence-corrected chi connectivity index (χ1v) is 33.1. The number of hydrogen-bond donors (Lipinski definition) is 0. The van der Waals surface area contributed by atoms with Crippen LogP contribution in [0.15, 0.2) is 177 Å². The maximum absolute atomic E-state index is 12.7. The molecule has 10 rings (SSSR count). The molecule has 0 amide bonds. The number of aryl methyl sites for hydroxylation is 2. The van der Waals surface area contributed by atoms with Crippen LogP contribution in [-0.2, 0) is 48.8 Å². The molecule has 0 unspecified atom stereocenters. The number of hydrogen-bond acceptors (Lipinski definition) is 16. The average molecular weight is 1180 g/mol. The summed E-state index contributed by atoms with van der Waals surface area (Å²) in [5, 5.41) is 9.54. The normalized spacial score (nSPS) is 13.0. The van der Waals surface area contributed by atoms with Crippen molar-refractivity contribution in [1.29, 1.82) is 0 Å². The summed E-state index contributed by atoms with van der Waals surface area (Å²) in [5.41, 5.74) is 10.4. The van der Waals surface area contributed by atoms with Crippen LogP contribution in [0.4, 0.5) is 0 Å². The molecule has 20 heteroatoms. The second kappa shape index (κ2) is 22.2. The standard InChI is InChI=1S/2C31H29N3O5S2/c2*1-20-33-30(39-34-20)28(22-11-13-26(14-12-22)40(4,35)36)17-21-8-6-9-23(16-21)27-19-25(31(2,3)41(5,37)38)18-24-10-7-15-32-29(24)27/h2*6-19H,1-5H3/b28-17+;28-17-. The molecule has 0 saturated carbocycles. The van der Waals surface area contributed by atoms with Gasteiger partial charge in [-0.3, -0.25) is 9.97 Å². The van der Waals surface area contributed by atoms with Crippen LogP contribution < -0.4 is 0 Å². The molecule has 0 aliphatic heterocycles. The Morgan fingerprint density at radius 3 is 1.13 bits per heavy atom. The highest BCUT2D eigenvalue weighted by Gasteiger charge is 2.34. The van der Waals surface area contributed by atoms with Crippen LogP contribution in [0, 0.1) is 13.8 Å². The van der Waals surface area contributed by atoms with E-state index in [1.165, 1.54) is 12.5 Å². The Labute approximate surface area is 477 Å². The maximum Gasteiger partial charge on any atom is 0.258 e. The second-order valence-corrected chi connectivity index (χ2v) is 30.2. The van der Waals surface area contributed by atoms with Crippen LogP contribution >= 0.6 is 0 Å². The molecule has 0 spiro atoms. The largest absolute Gasteiger partial charge is 0.334 e. The van der Waals surface area contributed by atoms with E-state index in [9.17, 15) is 33.7 Å². The van der Waals surface area contributed by atoms with Crippen molar-refractivity contribution in [1.82, 2.24) is 30.2 Å². The molecule has 0 atom stereocenters. The van der Waals surface area contributed by atoms with E-state index in [0.29, 0.717) is 56.8 Å². The molecule has 10 aromatic rings. The Bertz CT molecular complexity index is 4350. The molecule has 4 aromatic heterocycles. The fourth-order valence-electron chi connectivity index (χ4n) is 8.99. The summed E-state index contributed by atoms with van der Waals surface area (Å²) < 4.78 is 107.